The standard InChI is InChI=1S/C17H25N3O2/c1-12-5-3-7-15(13(12)2)20-17(22)9-8-16(21)19-14-6-4-10-18-11-14/h4,6,10-13,15H,3,5,7-9H2,1-2H3,(H,19,21)(H,20,22)/t12-,13-,15+/m1/s1. The fourth-order valence-corrected chi connectivity index (χ4v) is 2.95. The smallest absolute Gasteiger partial charge is 0.224 e. The Morgan fingerprint density at radius 1 is 1.23 bits per heavy atom. The van der Waals surface area contributed by atoms with Gasteiger partial charge in [-0.05, 0) is 30.4 Å². The van der Waals surface area contributed by atoms with Crippen LogP contribution in [0.2, 0.25) is 0 Å². The molecule has 2 N–H and O–H groups in total. The van der Waals surface area contributed by atoms with Gasteiger partial charge < -0.3 is 10.6 Å². The second-order valence-electron chi connectivity index (χ2n) is 6.23. The fraction of sp³-hybridized carbons (Fsp3) is 0.588. The van der Waals surface area contributed by atoms with Crippen LogP contribution in [0.15, 0.2) is 24.5 Å². The maximum atomic E-state index is 12.0. The van der Waals surface area contributed by atoms with Gasteiger partial charge in [0.25, 0.3) is 0 Å². The van der Waals surface area contributed by atoms with Crippen LogP contribution in [0, 0.1) is 11.8 Å². The van der Waals surface area contributed by atoms with Gasteiger partial charge in [0.2, 0.25) is 11.8 Å². The monoisotopic (exact) mass is 303 g/mol. The Labute approximate surface area is 131 Å². The zero-order valence-electron chi connectivity index (χ0n) is 13.3. The van der Waals surface area contributed by atoms with Gasteiger partial charge in [0, 0.05) is 25.1 Å². The Hall–Kier alpha value is -1.91. The van der Waals surface area contributed by atoms with E-state index in [0.29, 0.717) is 17.5 Å². The Bertz CT molecular complexity index is 504. The minimum absolute atomic E-state index is 0.0349. The van der Waals surface area contributed by atoms with E-state index in [4.69, 9.17) is 0 Å². The lowest BCUT2D eigenvalue weighted by molar-refractivity contribution is -0.125. The summed E-state index contributed by atoms with van der Waals surface area (Å²) < 4.78 is 0. The molecule has 0 unspecified atom stereocenters. The second kappa shape index (κ2) is 7.92. The Balaban J connectivity index is 1.72. The molecule has 1 saturated carbocycles. The molecule has 0 radical (unpaired) electrons. The average Bonchev–Trinajstić information content (AvgIpc) is 2.51. The molecule has 1 aliphatic rings. The predicted octanol–water partition coefficient (Wildman–Crippen LogP) is 2.74. The molecule has 5 heteroatoms. The third-order valence-electron chi connectivity index (χ3n) is 4.58. The molecule has 0 spiro atoms. The van der Waals surface area contributed by atoms with Gasteiger partial charge in [-0.15, -0.1) is 0 Å². The zero-order chi connectivity index (χ0) is 15.9. The fourth-order valence-electron chi connectivity index (χ4n) is 2.95. The van der Waals surface area contributed by atoms with Crippen LogP contribution in [0.3, 0.4) is 0 Å². The number of pyridine rings is 1. The van der Waals surface area contributed by atoms with Crippen LogP contribution < -0.4 is 10.6 Å². The van der Waals surface area contributed by atoms with E-state index in [9.17, 15) is 9.59 Å². The molecule has 1 aliphatic carbocycles. The van der Waals surface area contributed by atoms with E-state index in [1.807, 2.05) is 0 Å². The van der Waals surface area contributed by atoms with Gasteiger partial charge in [-0.1, -0.05) is 26.7 Å². The number of carbonyl (C=O) groups excluding carboxylic acids is 2. The summed E-state index contributed by atoms with van der Waals surface area (Å²) in [5.74, 6) is 0.954. The number of amides is 2. The lowest BCUT2D eigenvalue weighted by Crippen LogP contribution is -2.43. The maximum Gasteiger partial charge on any atom is 0.224 e. The number of nitrogens with one attached hydrogen (secondary N) is 2. The van der Waals surface area contributed by atoms with Crippen molar-refractivity contribution in [3.05, 3.63) is 24.5 Å². The molecule has 1 aromatic rings. The summed E-state index contributed by atoms with van der Waals surface area (Å²) in [6, 6.07) is 3.78. The average molecular weight is 303 g/mol. The molecular formula is C17H25N3O2. The van der Waals surface area contributed by atoms with Crippen LogP contribution in [-0.4, -0.2) is 22.8 Å². The first kappa shape index (κ1) is 16.5. The number of nitrogens with zero attached hydrogens (tertiary/aromatic N) is 1. The van der Waals surface area contributed by atoms with Gasteiger partial charge in [0.15, 0.2) is 0 Å². The highest BCUT2D eigenvalue weighted by Crippen LogP contribution is 2.29. The maximum absolute atomic E-state index is 12.0. The first-order valence-corrected chi connectivity index (χ1v) is 8.05. The minimum atomic E-state index is -0.159. The molecule has 2 rings (SSSR count). The molecule has 22 heavy (non-hydrogen) atoms. The molecule has 120 valence electrons. The van der Waals surface area contributed by atoms with Crippen LogP contribution in [0.1, 0.15) is 46.0 Å². The molecule has 1 fully saturated rings. The van der Waals surface area contributed by atoms with Crippen molar-refractivity contribution in [2.45, 2.75) is 52.0 Å². The van der Waals surface area contributed by atoms with E-state index in [0.717, 1.165) is 12.8 Å². The lowest BCUT2D eigenvalue weighted by atomic mass is 9.78. The highest BCUT2D eigenvalue weighted by Gasteiger charge is 2.28. The Morgan fingerprint density at radius 2 is 2.00 bits per heavy atom. The van der Waals surface area contributed by atoms with Crippen LogP contribution >= 0.6 is 0 Å². The van der Waals surface area contributed by atoms with Crippen LogP contribution in [0.5, 0.6) is 0 Å². The van der Waals surface area contributed by atoms with Gasteiger partial charge in [0.1, 0.15) is 0 Å². The predicted molar refractivity (Wildman–Crippen MR) is 86.2 cm³/mol. The quantitative estimate of drug-likeness (QED) is 0.878. The van der Waals surface area contributed by atoms with Crippen molar-refractivity contribution >= 4 is 17.5 Å². The molecule has 3 atom stereocenters. The van der Waals surface area contributed by atoms with E-state index in [1.54, 1.807) is 24.5 Å². The molecule has 1 aromatic heterocycles. The molecule has 0 aromatic carbocycles. The van der Waals surface area contributed by atoms with E-state index in [1.165, 1.54) is 6.42 Å². The van der Waals surface area contributed by atoms with Crippen molar-refractivity contribution in [1.82, 2.24) is 10.3 Å². The van der Waals surface area contributed by atoms with Crippen molar-refractivity contribution in [3.8, 4) is 0 Å². The molecule has 0 aliphatic heterocycles. The highest BCUT2D eigenvalue weighted by atomic mass is 16.2. The molecule has 0 bridgehead atoms. The summed E-state index contributed by atoms with van der Waals surface area (Å²) in [5, 5.41) is 5.82. The third-order valence-corrected chi connectivity index (χ3v) is 4.58. The minimum Gasteiger partial charge on any atom is -0.353 e. The number of hydrogen-bond donors (Lipinski definition) is 2. The van der Waals surface area contributed by atoms with Gasteiger partial charge in [-0.25, -0.2) is 0 Å². The van der Waals surface area contributed by atoms with Gasteiger partial charge in [0.05, 0.1) is 11.9 Å². The summed E-state index contributed by atoms with van der Waals surface area (Å²) in [6.45, 7) is 4.44. The number of carbonyl (C=O) groups is 2. The van der Waals surface area contributed by atoms with Crippen molar-refractivity contribution in [2.75, 3.05) is 5.32 Å². The number of anilines is 1. The SMILES string of the molecule is C[C@@H]1[C@H](C)CCC[C@@H]1NC(=O)CCC(=O)Nc1cccnc1. The summed E-state index contributed by atoms with van der Waals surface area (Å²) >= 11 is 0. The van der Waals surface area contributed by atoms with E-state index < -0.39 is 0 Å². The molecule has 5 nitrogen and oxygen atoms in total. The number of aromatic nitrogens is 1. The largest absolute Gasteiger partial charge is 0.353 e. The normalized spacial score (nSPS) is 24.5. The lowest BCUT2D eigenvalue weighted by Gasteiger charge is -2.34. The van der Waals surface area contributed by atoms with Gasteiger partial charge in [-0.3, -0.25) is 14.6 Å². The molecular weight excluding hydrogens is 278 g/mol. The van der Waals surface area contributed by atoms with Crippen molar-refractivity contribution in [2.24, 2.45) is 11.8 Å². The van der Waals surface area contributed by atoms with Crippen molar-refractivity contribution in [3.63, 3.8) is 0 Å². The van der Waals surface area contributed by atoms with Crippen LogP contribution in [0.4, 0.5) is 5.69 Å². The van der Waals surface area contributed by atoms with Gasteiger partial charge in [-0.2, -0.15) is 0 Å². The summed E-state index contributed by atoms with van der Waals surface area (Å²) in [6.07, 6.45) is 7.09. The number of hydrogen-bond acceptors (Lipinski definition) is 3. The van der Waals surface area contributed by atoms with Crippen LogP contribution in [-0.2, 0) is 9.59 Å². The molecule has 0 saturated heterocycles. The molecule has 2 amide bonds. The number of rotatable bonds is 5. The molecule has 1 heterocycles. The summed E-state index contributed by atoms with van der Waals surface area (Å²) in [4.78, 5) is 27.8. The Morgan fingerprint density at radius 3 is 2.73 bits per heavy atom. The summed E-state index contributed by atoms with van der Waals surface area (Å²) in [5.41, 5.74) is 0.655. The van der Waals surface area contributed by atoms with Crippen LogP contribution in [0.25, 0.3) is 0 Å². The van der Waals surface area contributed by atoms with E-state index in [2.05, 4.69) is 29.5 Å². The Kier molecular flexibility index (Phi) is 5.92. The van der Waals surface area contributed by atoms with E-state index >= 15 is 0 Å². The van der Waals surface area contributed by atoms with Gasteiger partial charge >= 0.3 is 0 Å². The van der Waals surface area contributed by atoms with Crippen molar-refractivity contribution < 1.29 is 9.59 Å². The third kappa shape index (κ3) is 4.83. The zero-order valence-corrected chi connectivity index (χ0v) is 13.3. The topological polar surface area (TPSA) is 71.1 Å². The first-order valence-electron chi connectivity index (χ1n) is 8.05. The first-order chi connectivity index (χ1) is 10.6. The highest BCUT2D eigenvalue weighted by molar-refractivity contribution is 5.93. The summed E-state index contributed by atoms with van der Waals surface area (Å²) in [7, 11) is 0. The second-order valence-corrected chi connectivity index (χ2v) is 6.23. The van der Waals surface area contributed by atoms with E-state index in [-0.39, 0.29) is 30.7 Å². The van der Waals surface area contributed by atoms with Crippen molar-refractivity contribution in [1.29, 1.82) is 0 Å².